The molecule has 0 radical (unpaired) electrons. The zero-order chi connectivity index (χ0) is 15.1. The molecule has 0 aromatic carbocycles. The maximum Gasteiger partial charge on any atom is 0.240 e. The van der Waals surface area contributed by atoms with Crippen molar-refractivity contribution in [3.8, 4) is 0 Å². The fraction of sp³-hybridized carbons (Fsp3) is 0.750. The minimum atomic E-state index is 0.102. The highest BCUT2D eigenvalue weighted by molar-refractivity contribution is 5.76. The highest BCUT2D eigenvalue weighted by Crippen LogP contribution is 2.17. The van der Waals surface area contributed by atoms with Crippen LogP contribution in [0.25, 0.3) is 0 Å². The minimum Gasteiger partial charge on any atom is -0.352 e. The summed E-state index contributed by atoms with van der Waals surface area (Å²) in [5.41, 5.74) is 0. The molecule has 0 spiro atoms. The first-order chi connectivity index (χ1) is 10.1. The van der Waals surface area contributed by atoms with E-state index < -0.39 is 0 Å². The first-order valence-corrected chi connectivity index (χ1v) is 8.15. The molecule has 0 atom stereocenters. The van der Waals surface area contributed by atoms with Gasteiger partial charge in [-0.05, 0) is 25.3 Å². The zero-order valence-electron chi connectivity index (χ0n) is 13.3. The molecule has 5 nitrogen and oxygen atoms in total. The van der Waals surface area contributed by atoms with Crippen molar-refractivity contribution < 1.29 is 4.79 Å². The topological polar surface area (TPSA) is 59.0 Å². The molecule has 1 saturated carbocycles. The van der Waals surface area contributed by atoms with Crippen molar-refractivity contribution in [1.29, 1.82) is 0 Å². The zero-order valence-corrected chi connectivity index (χ0v) is 13.3. The summed E-state index contributed by atoms with van der Waals surface area (Å²) in [7, 11) is 0. The molecule has 0 bridgehead atoms. The predicted molar refractivity (Wildman–Crippen MR) is 83.8 cm³/mol. The van der Waals surface area contributed by atoms with E-state index in [-0.39, 0.29) is 5.91 Å². The van der Waals surface area contributed by atoms with Crippen LogP contribution >= 0.6 is 0 Å². The molecule has 0 unspecified atom stereocenters. The Bertz CT molecular complexity index is 435. The third kappa shape index (κ3) is 5.50. The summed E-state index contributed by atoms with van der Waals surface area (Å²) in [6, 6.07) is 0.372. The van der Waals surface area contributed by atoms with Crippen LogP contribution in [0.5, 0.6) is 0 Å². The van der Waals surface area contributed by atoms with Gasteiger partial charge in [0, 0.05) is 18.4 Å². The van der Waals surface area contributed by atoms with Gasteiger partial charge in [0.25, 0.3) is 0 Å². The number of hydrogen-bond acceptors (Lipinski definition) is 3. The number of carbonyl (C=O) groups is 1. The van der Waals surface area contributed by atoms with Crippen LogP contribution in [0.2, 0.25) is 0 Å². The number of hydrogen-bond donors (Lipinski definition) is 2. The Hall–Kier alpha value is -1.36. The molecule has 1 amide bonds. The number of amides is 1. The summed E-state index contributed by atoms with van der Waals surface area (Å²) in [4.78, 5) is 16.5. The normalized spacial score (nSPS) is 16.3. The fourth-order valence-corrected chi connectivity index (χ4v) is 2.80. The fourth-order valence-electron chi connectivity index (χ4n) is 2.80. The molecule has 1 heterocycles. The van der Waals surface area contributed by atoms with Crippen LogP contribution in [0, 0.1) is 5.92 Å². The van der Waals surface area contributed by atoms with Crippen molar-refractivity contribution in [1.82, 2.24) is 20.2 Å². The van der Waals surface area contributed by atoms with Gasteiger partial charge in [-0.3, -0.25) is 4.79 Å². The summed E-state index contributed by atoms with van der Waals surface area (Å²) in [5.74, 6) is 1.64. The summed E-state index contributed by atoms with van der Waals surface area (Å²) >= 11 is 0. The number of aromatic nitrogens is 2. The standard InChI is InChI=1S/C16H28N4O/c1-13(2)10-17-11-15-18-8-9-20(15)12-16(21)19-14-6-4-3-5-7-14/h8-9,13-14,17H,3-7,10-12H2,1-2H3,(H,19,21). The molecule has 5 heteroatoms. The molecule has 0 saturated heterocycles. The van der Waals surface area contributed by atoms with Gasteiger partial charge in [0.05, 0.1) is 6.54 Å². The van der Waals surface area contributed by atoms with Crippen LogP contribution in [0.3, 0.4) is 0 Å². The highest BCUT2D eigenvalue weighted by Gasteiger charge is 2.16. The van der Waals surface area contributed by atoms with Gasteiger partial charge in [0.1, 0.15) is 12.4 Å². The molecule has 1 fully saturated rings. The molecule has 1 aliphatic rings. The Morgan fingerprint density at radius 2 is 2.14 bits per heavy atom. The van der Waals surface area contributed by atoms with E-state index in [2.05, 4.69) is 29.5 Å². The van der Waals surface area contributed by atoms with Crippen LogP contribution < -0.4 is 10.6 Å². The van der Waals surface area contributed by atoms with Gasteiger partial charge in [0.15, 0.2) is 0 Å². The largest absolute Gasteiger partial charge is 0.352 e. The molecule has 0 aliphatic heterocycles. The minimum absolute atomic E-state index is 0.102. The summed E-state index contributed by atoms with van der Waals surface area (Å²) in [6.07, 6.45) is 9.67. The molecular weight excluding hydrogens is 264 g/mol. The Kier molecular flexibility index (Phi) is 6.23. The van der Waals surface area contributed by atoms with E-state index in [1.165, 1.54) is 19.3 Å². The molecule has 21 heavy (non-hydrogen) atoms. The average molecular weight is 292 g/mol. The van der Waals surface area contributed by atoms with Crippen molar-refractivity contribution in [3.05, 3.63) is 18.2 Å². The van der Waals surface area contributed by atoms with Crippen molar-refractivity contribution >= 4 is 5.91 Å². The van der Waals surface area contributed by atoms with Crippen LogP contribution in [0.1, 0.15) is 51.8 Å². The second kappa shape index (κ2) is 8.17. The van der Waals surface area contributed by atoms with Gasteiger partial charge in [-0.25, -0.2) is 4.98 Å². The SMILES string of the molecule is CC(C)CNCc1nccn1CC(=O)NC1CCCCC1. The van der Waals surface area contributed by atoms with E-state index >= 15 is 0 Å². The Morgan fingerprint density at radius 1 is 1.38 bits per heavy atom. The number of imidazole rings is 1. The van der Waals surface area contributed by atoms with Crippen molar-refractivity contribution in [3.63, 3.8) is 0 Å². The van der Waals surface area contributed by atoms with E-state index in [0.29, 0.717) is 25.0 Å². The predicted octanol–water partition coefficient (Wildman–Crippen LogP) is 2.08. The summed E-state index contributed by atoms with van der Waals surface area (Å²) in [5, 5.41) is 6.52. The van der Waals surface area contributed by atoms with E-state index in [9.17, 15) is 4.79 Å². The van der Waals surface area contributed by atoms with Gasteiger partial charge < -0.3 is 15.2 Å². The molecular formula is C16H28N4O. The monoisotopic (exact) mass is 292 g/mol. The van der Waals surface area contributed by atoms with E-state index in [0.717, 1.165) is 25.2 Å². The Labute approximate surface area is 127 Å². The molecule has 1 aromatic rings. The maximum absolute atomic E-state index is 12.1. The first kappa shape index (κ1) is 16.0. The number of carbonyl (C=O) groups excluding carboxylic acids is 1. The summed E-state index contributed by atoms with van der Waals surface area (Å²) < 4.78 is 1.94. The van der Waals surface area contributed by atoms with Crippen LogP contribution in [0.4, 0.5) is 0 Å². The lowest BCUT2D eigenvalue weighted by Crippen LogP contribution is -2.38. The highest BCUT2D eigenvalue weighted by atomic mass is 16.2. The van der Waals surface area contributed by atoms with Crippen molar-refractivity contribution in [2.45, 2.75) is 65.1 Å². The lowest BCUT2D eigenvalue weighted by Gasteiger charge is -2.23. The van der Waals surface area contributed by atoms with Crippen LogP contribution in [-0.2, 0) is 17.9 Å². The number of nitrogens with zero attached hydrogens (tertiary/aromatic N) is 2. The lowest BCUT2D eigenvalue weighted by molar-refractivity contribution is -0.122. The molecule has 1 aliphatic carbocycles. The van der Waals surface area contributed by atoms with Gasteiger partial charge in [-0.15, -0.1) is 0 Å². The molecule has 118 valence electrons. The van der Waals surface area contributed by atoms with Gasteiger partial charge in [0.2, 0.25) is 5.91 Å². The third-order valence-electron chi connectivity index (χ3n) is 3.92. The van der Waals surface area contributed by atoms with E-state index in [1.807, 2.05) is 10.8 Å². The third-order valence-corrected chi connectivity index (χ3v) is 3.92. The maximum atomic E-state index is 12.1. The Balaban J connectivity index is 1.79. The second-order valence-corrected chi connectivity index (χ2v) is 6.40. The van der Waals surface area contributed by atoms with Crippen LogP contribution in [-0.4, -0.2) is 28.0 Å². The van der Waals surface area contributed by atoms with Gasteiger partial charge >= 0.3 is 0 Å². The average Bonchev–Trinajstić information content (AvgIpc) is 2.87. The smallest absolute Gasteiger partial charge is 0.240 e. The van der Waals surface area contributed by atoms with Crippen molar-refractivity contribution in [2.75, 3.05) is 6.54 Å². The lowest BCUT2D eigenvalue weighted by atomic mass is 9.95. The van der Waals surface area contributed by atoms with Gasteiger partial charge in [-0.2, -0.15) is 0 Å². The van der Waals surface area contributed by atoms with Crippen molar-refractivity contribution in [2.24, 2.45) is 5.92 Å². The molecule has 2 rings (SSSR count). The van der Waals surface area contributed by atoms with Gasteiger partial charge in [-0.1, -0.05) is 33.1 Å². The second-order valence-electron chi connectivity index (χ2n) is 6.40. The van der Waals surface area contributed by atoms with E-state index in [4.69, 9.17) is 0 Å². The molecule has 2 N–H and O–H groups in total. The quantitative estimate of drug-likeness (QED) is 0.809. The van der Waals surface area contributed by atoms with E-state index in [1.54, 1.807) is 6.20 Å². The first-order valence-electron chi connectivity index (χ1n) is 8.15. The molecule has 1 aromatic heterocycles. The number of nitrogens with one attached hydrogen (secondary N) is 2. The number of rotatable bonds is 7. The Morgan fingerprint density at radius 3 is 2.86 bits per heavy atom. The summed E-state index contributed by atoms with van der Waals surface area (Å²) in [6.45, 7) is 6.40. The van der Waals surface area contributed by atoms with Crippen LogP contribution in [0.15, 0.2) is 12.4 Å².